The fraction of sp³-hybridized carbons (Fsp3) is 0.214. The van der Waals surface area contributed by atoms with Crippen LogP contribution in [0, 0.1) is 12.7 Å². The molecule has 0 saturated heterocycles. The molecule has 0 aliphatic carbocycles. The number of halogens is 1. The first-order valence-corrected chi connectivity index (χ1v) is 12.3. The van der Waals surface area contributed by atoms with Crippen LogP contribution in [0.25, 0.3) is 0 Å². The minimum Gasteiger partial charge on any atom is -0.497 e. The Morgan fingerprint density at radius 3 is 2.28 bits per heavy atom. The first kappa shape index (κ1) is 25.2. The lowest BCUT2D eigenvalue weighted by molar-refractivity contribution is -0.133. The van der Waals surface area contributed by atoms with E-state index >= 15 is 0 Å². The average Bonchev–Trinajstić information content (AvgIpc) is 3.55. The highest BCUT2D eigenvalue weighted by Crippen LogP contribution is 2.20. The molecule has 0 aliphatic rings. The molecule has 2 amide bonds. The van der Waals surface area contributed by atoms with Crippen molar-refractivity contribution in [3.63, 3.8) is 0 Å². The Labute approximate surface area is 213 Å². The van der Waals surface area contributed by atoms with Crippen LogP contribution in [0.2, 0.25) is 0 Å². The predicted octanol–water partition coefficient (Wildman–Crippen LogP) is 5.67. The summed E-state index contributed by atoms with van der Waals surface area (Å²) in [6.45, 7) is 2.70. The van der Waals surface area contributed by atoms with Gasteiger partial charge in [0.05, 0.1) is 26.5 Å². The highest BCUT2D eigenvalue weighted by Gasteiger charge is 2.24. The normalized spacial score (nSPS) is 10.8. The summed E-state index contributed by atoms with van der Waals surface area (Å²) in [5.74, 6) is 0.357. The Hall–Kier alpha value is -3.91. The smallest absolute Gasteiger partial charge is 0.254 e. The lowest BCUT2D eigenvalue weighted by Gasteiger charge is -2.27. The average molecular weight is 507 g/mol. The SMILES string of the molecule is COc1ccc(C(=O)N(CC(=O)N(Cc2ccc(F)cc2)Cc2ccc(C)s2)Cc2ccco2)cc1. The molecule has 0 radical (unpaired) electrons. The van der Waals surface area contributed by atoms with E-state index < -0.39 is 0 Å². The zero-order chi connectivity index (χ0) is 25.5. The quantitative estimate of drug-likeness (QED) is 0.278. The van der Waals surface area contributed by atoms with Crippen molar-refractivity contribution < 1.29 is 23.1 Å². The van der Waals surface area contributed by atoms with E-state index in [0.29, 0.717) is 30.2 Å². The Morgan fingerprint density at radius 1 is 0.917 bits per heavy atom. The molecule has 186 valence electrons. The van der Waals surface area contributed by atoms with E-state index in [1.54, 1.807) is 71.9 Å². The predicted molar refractivity (Wildman–Crippen MR) is 136 cm³/mol. The van der Waals surface area contributed by atoms with Crippen molar-refractivity contribution in [2.45, 2.75) is 26.6 Å². The summed E-state index contributed by atoms with van der Waals surface area (Å²) in [5.41, 5.74) is 1.24. The van der Waals surface area contributed by atoms with Gasteiger partial charge < -0.3 is 19.0 Å². The van der Waals surface area contributed by atoms with Crippen LogP contribution in [0.4, 0.5) is 4.39 Å². The monoisotopic (exact) mass is 506 g/mol. The molecule has 2 heterocycles. The number of thiophene rings is 1. The summed E-state index contributed by atoms with van der Waals surface area (Å²) in [7, 11) is 1.56. The van der Waals surface area contributed by atoms with Crippen LogP contribution in [0.5, 0.6) is 5.75 Å². The van der Waals surface area contributed by atoms with Crippen LogP contribution in [0.15, 0.2) is 83.5 Å². The topological polar surface area (TPSA) is 63.0 Å². The number of carbonyl (C=O) groups excluding carboxylic acids is 2. The number of methoxy groups -OCH3 is 1. The van der Waals surface area contributed by atoms with Crippen LogP contribution in [0.1, 0.15) is 31.4 Å². The molecule has 0 unspecified atom stereocenters. The Bertz CT molecular complexity index is 1280. The number of benzene rings is 2. The zero-order valence-corrected chi connectivity index (χ0v) is 21.0. The highest BCUT2D eigenvalue weighted by molar-refractivity contribution is 7.11. The van der Waals surface area contributed by atoms with Crippen molar-refractivity contribution in [3.05, 3.63) is 112 Å². The minimum atomic E-state index is -0.333. The minimum absolute atomic E-state index is 0.142. The van der Waals surface area contributed by atoms with E-state index in [2.05, 4.69) is 0 Å². The van der Waals surface area contributed by atoms with Crippen molar-refractivity contribution in [2.24, 2.45) is 0 Å². The molecular weight excluding hydrogens is 479 g/mol. The maximum atomic E-state index is 13.6. The molecule has 0 fully saturated rings. The van der Waals surface area contributed by atoms with E-state index in [1.807, 2.05) is 19.1 Å². The van der Waals surface area contributed by atoms with Crippen molar-refractivity contribution >= 4 is 23.2 Å². The largest absolute Gasteiger partial charge is 0.497 e. The van der Waals surface area contributed by atoms with Crippen molar-refractivity contribution in [2.75, 3.05) is 13.7 Å². The third-order valence-electron chi connectivity index (χ3n) is 5.66. The molecule has 4 aromatic rings. The second-order valence-electron chi connectivity index (χ2n) is 8.36. The number of amides is 2. The molecule has 36 heavy (non-hydrogen) atoms. The number of aryl methyl sites for hydroxylation is 1. The van der Waals surface area contributed by atoms with Gasteiger partial charge in [-0.3, -0.25) is 9.59 Å². The van der Waals surface area contributed by atoms with Gasteiger partial charge in [-0.2, -0.15) is 0 Å². The second kappa shape index (κ2) is 11.7. The summed E-state index contributed by atoms with van der Waals surface area (Å²) >= 11 is 1.61. The van der Waals surface area contributed by atoms with Gasteiger partial charge in [-0.25, -0.2) is 4.39 Å². The molecule has 0 bridgehead atoms. The van der Waals surface area contributed by atoms with Crippen molar-refractivity contribution in [1.82, 2.24) is 9.80 Å². The second-order valence-corrected chi connectivity index (χ2v) is 9.73. The van der Waals surface area contributed by atoms with Gasteiger partial charge in [0.25, 0.3) is 5.91 Å². The number of rotatable bonds is 10. The first-order chi connectivity index (χ1) is 17.4. The number of hydrogen-bond donors (Lipinski definition) is 0. The summed E-state index contributed by atoms with van der Waals surface area (Å²) in [6, 6.07) is 20.4. The molecule has 2 aromatic carbocycles. The Morgan fingerprint density at radius 2 is 1.67 bits per heavy atom. The van der Waals surface area contributed by atoms with Crippen molar-refractivity contribution in [3.8, 4) is 5.75 Å². The summed E-state index contributed by atoms with van der Waals surface area (Å²) in [5, 5.41) is 0. The first-order valence-electron chi connectivity index (χ1n) is 11.4. The van der Waals surface area contributed by atoms with Gasteiger partial charge in [-0.15, -0.1) is 11.3 Å². The number of furan rings is 1. The molecule has 0 spiro atoms. The molecular formula is C28H27FN2O4S. The molecule has 6 nitrogen and oxygen atoms in total. The standard InChI is InChI=1S/C28H27FN2O4S/c1-20-5-14-26(36-20)18-30(16-21-6-10-23(29)11-7-21)27(32)19-31(17-25-4-3-15-35-25)28(33)22-8-12-24(34-2)13-9-22/h3-15H,16-19H2,1-2H3. The van der Waals surface area contributed by atoms with E-state index in [1.165, 1.54) is 23.3 Å². The Kier molecular flexibility index (Phi) is 8.17. The van der Waals surface area contributed by atoms with Gasteiger partial charge in [0.1, 0.15) is 23.9 Å². The number of nitrogens with zero attached hydrogens (tertiary/aromatic N) is 2. The molecule has 8 heteroatoms. The van der Waals surface area contributed by atoms with Gasteiger partial charge in [0.15, 0.2) is 0 Å². The zero-order valence-electron chi connectivity index (χ0n) is 20.1. The van der Waals surface area contributed by atoms with Crippen molar-refractivity contribution in [1.29, 1.82) is 0 Å². The van der Waals surface area contributed by atoms with Gasteiger partial charge in [-0.05, 0) is 73.2 Å². The molecule has 2 aromatic heterocycles. The van der Waals surface area contributed by atoms with Gasteiger partial charge >= 0.3 is 0 Å². The third kappa shape index (κ3) is 6.60. The number of carbonyl (C=O) groups is 2. The molecule has 0 N–H and O–H groups in total. The highest BCUT2D eigenvalue weighted by atomic mass is 32.1. The van der Waals surface area contributed by atoms with Crippen LogP contribution in [-0.4, -0.2) is 35.3 Å². The molecule has 0 aliphatic heterocycles. The molecule has 4 rings (SSSR count). The fourth-order valence-electron chi connectivity index (χ4n) is 3.77. The molecule has 0 atom stereocenters. The van der Waals surface area contributed by atoms with Crippen LogP contribution in [-0.2, 0) is 24.4 Å². The number of ether oxygens (including phenoxy) is 1. The van der Waals surface area contributed by atoms with E-state index in [-0.39, 0.29) is 30.7 Å². The summed E-state index contributed by atoms with van der Waals surface area (Å²) in [6.07, 6.45) is 1.53. The van der Waals surface area contributed by atoms with E-state index in [9.17, 15) is 14.0 Å². The summed E-state index contributed by atoms with van der Waals surface area (Å²) < 4.78 is 24.1. The van der Waals surface area contributed by atoms with Crippen LogP contribution < -0.4 is 4.74 Å². The van der Waals surface area contributed by atoms with Gasteiger partial charge in [0, 0.05) is 21.9 Å². The van der Waals surface area contributed by atoms with E-state index in [0.717, 1.165) is 15.3 Å². The van der Waals surface area contributed by atoms with Crippen LogP contribution in [0.3, 0.4) is 0 Å². The van der Waals surface area contributed by atoms with Crippen LogP contribution >= 0.6 is 11.3 Å². The maximum absolute atomic E-state index is 13.6. The maximum Gasteiger partial charge on any atom is 0.254 e. The molecule has 0 saturated carbocycles. The number of hydrogen-bond acceptors (Lipinski definition) is 5. The van der Waals surface area contributed by atoms with Gasteiger partial charge in [-0.1, -0.05) is 12.1 Å². The van der Waals surface area contributed by atoms with Gasteiger partial charge in [0.2, 0.25) is 5.91 Å². The lowest BCUT2D eigenvalue weighted by atomic mass is 10.1. The summed E-state index contributed by atoms with van der Waals surface area (Å²) in [4.78, 5) is 32.4. The van der Waals surface area contributed by atoms with E-state index in [4.69, 9.17) is 9.15 Å². The third-order valence-corrected chi connectivity index (χ3v) is 6.64. The Balaban J connectivity index is 1.57. The lowest BCUT2D eigenvalue weighted by Crippen LogP contribution is -2.42. The fourth-order valence-corrected chi connectivity index (χ4v) is 4.68.